The fourth-order valence-electron chi connectivity index (χ4n) is 1.50. The molecule has 0 aromatic heterocycles. The Labute approximate surface area is 112 Å². The summed E-state index contributed by atoms with van der Waals surface area (Å²) in [6.45, 7) is 6.59. The van der Waals surface area contributed by atoms with Crippen LogP contribution in [0.5, 0.6) is 0 Å². The van der Waals surface area contributed by atoms with Crippen LogP contribution in [0.25, 0.3) is 0 Å². The molecule has 0 radical (unpaired) electrons. The fourth-order valence-corrected chi connectivity index (χ4v) is 2.24. The summed E-state index contributed by atoms with van der Waals surface area (Å²) in [7, 11) is 0.852. The molecule has 0 aromatic carbocycles. The molecule has 0 bridgehead atoms. The van der Waals surface area contributed by atoms with E-state index in [4.69, 9.17) is 0 Å². The van der Waals surface area contributed by atoms with E-state index in [1.165, 1.54) is 22.3 Å². The minimum atomic E-state index is 0.852. The Balaban J connectivity index is 2.92. The summed E-state index contributed by atoms with van der Waals surface area (Å²) in [6, 6.07) is 0. The van der Waals surface area contributed by atoms with E-state index in [2.05, 4.69) is 62.3 Å². The molecule has 0 saturated heterocycles. The van der Waals surface area contributed by atoms with Crippen molar-refractivity contribution in [2.24, 2.45) is 0 Å². The molecule has 1 aliphatic rings. The molecule has 1 heterocycles. The van der Waals surface area contributed by atoms with E-state index in [9.17, 15) is 0 Å². The maximum Gasteiger partial charge on any atom is 0.0410 e. The molecule has 0 saturated carbocycles. The van der Waals surface area contributed by atoms with Crippen LogP contribution in [0.2, 0.25) is 0 Å². The lowest BCUT2D eigenvalue weighted by Gasteiger charge is -2.23. The van der Waals surface area contributed by atoms with Gasteiger partial charge in [0.2, 0.25) is 0 Å². The smallest absolute Gasteiger partial charge is 0.0410 e. The Morgan fingerprint density at radius 2 is 2.24 bits per heavy atom. The predicted octanol–water partition coefficient (Wildman–Crippen LogP) is 4.92. The highest BCUT2D eigenvalue weighted by molar-refractivity contribution is 8.02. The van der Waals surface area contributed by atoms with Gasteiger partial charge in [-0.05, 0) is 42.6 Å². The summed E-state index contributed by atoms with van der Waals surface area (Å²) in [6.07, 6.45) is 15.7. The Kier molecular flexibility index (Phi) is 6.69. The highest BCUT2D eigenvalue weighted by atomic mass is 32.2. The van der Waals surface area contributed by atoms with E-state index < -0.39 is 0 Å². The first-order valence-corrected chi connectivity index (χ1v) is 8.72. The minimum Gasteiger partial charge on any atom is -0.323 e. The quantitative estimate of drug-likeness (QED) is 0.651. The second kappa shape index (κ2) is 7.79. The molecular formula is C14H22NPS. The van der Waals surface area contributed by atoms with Gasteiger partial charge >= 0.3 is 0 Å². The van der Waals surface area contributed by atoms with Crippen molar-refractivity contribution in [3.8, 4) is 0 Å². The van der Waals surface area contributed by atoms with E-state index in [1.54, 1.807) is 11.8 Å². The molecule has 0 N–H and O–H groups in total. The van der Waals surface area contributed by atoms with Crippen LogP contribution >= 0.6 is 20.3 Å². The molecule has 1 nitrogen and oxygen atoms in total. The molecule has 1 atom stereocenters. The first-order valence-electron chi connectivity index (χ1n) is 5.99. The summed E-state index contributed by atoms with van der Waals surface area (Å²) in [5.74, 6) is 0. The molecule has 0 amide bonds. The lowest BCUT2D eigenvalue weighted by atomic mass is 10.2. The number of unbranched alkanes of at least 4 members (excludes halogenated alkanes) is 1. The molecule has 0 aromatic rings. The molecule has 0 aliphatic carbocycles. The van der Waals surface area contributed by atoms with Crippen molar-refractivity contribution in [2.75, 3.05) is 12.9 Å². The lowest BCUT2D eigenvalue weighted by Crippen LogP contribution is -2.11. The third kappa shape index (κ3) is 4.73. The molecule has 1 aliphatic heterocycles. The van der Waals surface area contributed by atoms with E-state index in [0.29, 0.717) is 0 Å². The number of hydrogen-bond donors (Lipinski definition) is 0. The van der Waals surface area contributed by atoms with Gasteiger partial charge in [0, 0.05) is 18.1 Å². The first-order chi connectivity index (χ1) is 8.21. The minimum absolute atomic E-state index is 0.852. The number of thioether (sulfide) groups is 1. The predicted molar refractivity (Wildman–Crippen MR) is 83.6 cm³/mol. The van der Waals surface area contributed by atoms with Gasteiger partial charge in [0.25, 0.3) is 0 Å². The molecule has 17 heavy (non-hydrogen) atoms. The SMILES string of the molecule is CCC/C=C1\C=CC(PC)=CN1/C=C(\C)SC. The zero-order valence-electron chi connectivity index (χ0n) is 11.2. The van der Waals surface area contributed by atoms with Crippen molar-refractivity contribution in [1.29, 1.82) is 0 Å². The van der Waals surface area contributed by atoms with Crippen LogP contribution in [-0.4, -0.2) is 17.8 Å². The molecule has 0 fully saturated rings. The molecule has 1 unspecified atom stereocenters. The van der Waals surface area contributed by atoms with Gasteiger partial charge in [0.1, 0.15) is 0 Å². The van der Waals surface area contributed by atoms with Gasteiger partial charge < -0.3 is 4.90 Å². The van der Waals surface area contributed by atoms with Crippen molar-refractivity contribution < 1.29 is 0 Å². The monoisotopic (exact) mass is 267 g/mol. The average Bonchev–Trinajstić information content (AvgIpc) is 2.36. The van der Waals surface area contributed by atoms with E-state index in [1.807, 2.05) is 0 Å². The van der Waals surface area contributed by atoms with Crippen molar-refractivity contribution >= 4 is 20.3 Å². The Morgan fingerprint density at radius 3 is 2.82 bits per heavy atom. The van der Waals surface area contributed by atoms with Gasteiger partial charge in [-0.2, -0.15) is 0 Å². The molecule has 0 spiro atoms. The molecule has 94 valence electrons. The van der Waals surface area contributed by atoms with Gasteiger partial charge in [-0.25, -0.2) is 0 Å². The average molecular weight is 267 g/mol. The van der Waals surface area contributed by atoms with Crippen LogP contribution < -0.4 is 0 Å². The Bertz CT molecular complexity index is 366. The number of nitrogens with zero attached hydrogens (tertiary/aromatic N) is 1. The number of allylic oxidation sites excluding steroid dienone is 5. The molecule has 1 rings (SSSR count). The second-order valence-electron chi connectivity index (χ2n) is 3.94. The highest BCUT2D eigenvalue weighted by Gasteiger charge is 2.07. The van der Waals surface area contributed by atoms with Crippen molar-refractivity contribution in [2.45, 2.75) is 26.7 Å². The molecule has 3 heteroatoms. The Morgan fingerprint density at radius 1 is 1.47 bits per heavy atom. The number of rotatable bonds is 5. The zero-order valence-corrected chi connectivity index (χ0v) is 13.0. The van der Waals surface area contributed by atoms with E-state index in [-0.39, 0.29) is 0 Å². The van der Waals surface area contributed by atoms with Crippen LogP contribution in [0.3, 0.4) is 0 Å². The van der Waals surface area contributed by atoms with Crippen molar-refractivity contribution in [3.63, 3.8) is 0 Å². The molecular weight excluding hydrogens is 245 g/mol. The van der Waals surface area contributed by atoms with Gasteiger partial charge in [0.15, 0.2) is 0 Å². The summed E-state index contributed by atoms with van der Waals surface area (Å²) >= 11 is 1.79. The van der Waals surface area contributed by atoms with Gasteiger partial charge in [-0.3, -0.25) is 0 Å². The maximum atomic E-state index is 2.31. The zero-order chi connectivity index (χ0) is 12.7. The normalized spacial score (nSPS) is 19.5. The topological polar surface area (TPSA) is 3.24 Å². The maximum absolute atomic E-state index is 2.31. The Hall–Kier alpha value is -0.460. The van der Waals surface area contributed by atoms with Crippen molar-refractivity contribution in [1.82, 2.24) is 4.90 Å². The van der Waals surface area contributed by atoms with Crippen molar-refractivity contribution in [3.05, 3.63) is 46.5 Å². The number of hydrogen-bond acceptors (Lipinski definition) is 2. The standard InChI is InChI=1S/C14H22NPS/c1-5-6-7-13-8-9-14(16-3)11-15(13)10-12(2)17-4/h7-11,16H,5-6H2,1-4H3/b12-10+,13-7+. The van der Waals surface area contributed by atoms with Crippen LogP contribution in [0.1, 0.15) is 26.7 Å². The fraction of sp³-hybridized carbons (Fsp3) is 0.429. The summed E-state index contributed by atoms with van der Waals surface area (Å²) in [5.41, 5.74) is 1.29. The van der Waals surface area contributed by atoms with Crippen LogP contribution in [-0.2, 0) is 0 Å². The lowest BCUT2D eigenvalue weighted by molar-refractivity contribution is 0.635. The van der Waals surface area contributed by atoms with Gasteiger partial charge in [-0.1, -0.05) is 34.1 Å². The third-order valence-corrected chi connectivity index (χ3v) is 4.21. The summed E-state index contributed by atoms with van der Waals surface area (Å²) in [5, 5.41) is 1.41. The summed E-state index contributed by atoms with van der Waals surface area (Å²) in [4.78, 5) is 3.59. The largest absolute Gasteiger partial charge is 0.323 e. The second-order valence-corrected chi connectivity index (χ2v) is 6.07. The van der Waals surface area contributed by atoms with Crippen LogP contribution in [0.4, 0.5) is 0 Å². The van der Waals surface area contributed by atoms with E-state index >= 15 is 0 Å². The summed E-state index contributed by atoms with van der Waals surface area (Å²) < 4.78 is 0. The van der Waals surface area contributed by atoms with Gasteiger partial charge in [0.05, 0.1) is 0 Å². The first kappa shape index (κ1) is 14.6. The van der Waals surface area contributed by atoms with Crippen LogP contribution in [0, 0.1) is 0 Å². The van der Waals surface area contributed by atoms with E-state index in [0.717, 1.165) is 15.0 Å². The third-order valence-electron chi connectivity index (χ3n) is 2.58. The van der Waals surface area contributed by atoms with Gasteiger partial charge in [-0.15, -0.1) is 11.8 Å². The van der Waals surface area contributed by atoms with Crippen LogP contribution in [0.15, 0.2) is 46.5 Å². The highest BCUT2D eigenvalue weighted by Crippen LogP contribution is 2.28.